The molecule has 1 fully saturated rings. The molecular weight excluding hydrogens is 238 g/mol. The summed E-state index contributed by atoms with van der Waals surface area (Å²) in [7, 11) is 0. The predicted octanol–water partition coefficient (Wildman–Crippen LogP) is 2.06. The van der Waals surface area contributed by atoms with Crippen LogP contribution in [-0.4, -0.2) is 47.7 Å². The molecule has 0 spiro atoms. The summed E-state index contributed by atoms with van der Waals surface area (Å²) in [6.45, 7) is 9.80. The number of nitrogens with zero attached hydrogens (tertiary/aromatic N) is 3. The summed E-state index contributed by atoms with van der Waals surface area (Å²) in [5.41, 5.74) is 1.94. The fourth-order valence-electron chi connectivity index (χ4n) is 2.54. The maximum Gasteiger partial charge on any atom is 0.0957 e. The molecule has 1 aliphatic heterocycles. The number of aliphatic hydroxyl groups is 1. The number of anilines is 1. The Morgan fingerprint density at radius 2 is 1.95 bits per heavy atom. The van der Waals surface area contributed by atoms with Crippen LogP contribution in [0.3, 0.4) is 0 Å². The highest BCUT2D eigenvalue weighted by atomic mass is 16.3. The third kappa shape index (κ3) is 3.67. The van der Waals surface area contributed by atoms with Gasteiger partial charge in [0, 0.05) is 26.2 Å². The van der Waals surface area contributed by atoms with Crippen LogP contribution in [0.5, 0.6) is 0 Å². The molecule has 2 heterocycles. The Balaban J connectivity index is 1.92. The molecule has 4 nitrogen and oxygen atoms in total. The second-order valence-corrected chi connectivity index (χ2v) is 5.19. The first-order chi connectivity index (χ1) is 9.24. The van der Waals surface area contributed by atoms with Crippen molar-refractivity contribution in [2.24, 2.45) is 0 Å². The van der Waals surface area contributed by atoms with Crippen molar-refractivity contribution in [3.63, 3.8) is 0 Å². The maximum atomic E-state index is 9.74. The largest absolute Gasteiger partial charge is 0.387 e. The van der Waals surface area contributed by atoms with Gasteiger partial charge in [-0.1, -0.05) is 13.8 Å². The standard InChI is InChI=1S/C15H25N3O/c1-3-7-17-8-10-18(11-9-17)13-5-6-14(16-12-13)15(19)4-2/h5-6,12,15,19H,3-4,7-11H2,1-2H3/t15-/m1/s1. The Kier molecular flexibility index (Phi) is 5.16. The molecule has 1 atom stereocenters. The fourth-order valence-corrected chi connectivity index (χ4v) is 2.54. The van der Waals surface area contributed by atoms with Crippen LogP contribution in [0, 0.1) is 0 Å². The van der Waals surface area contributed by atoms with Crippen LogP contribution in [0.1, 0.15) is 38.5 Å². The SMILES string of the molecule is CCCN1CCN(c2ccc([C@H](O)CC)nc2)CC1. The minimum Gasteiger partial charge on any atom is -0.387 e. The minimum absolute atomic E-state index is 0.435. The van der Waals surface area contributed by atoms with Crippen LogP contribution < -0.4 is 4.90 Å². The van der Waals surface area contributed by atoms with Gasteiger partial charge >= 0.3 is 0 Å². The van der Waals surface area contributed by atoms with E-state index in [9.17, 15) is 5.11 Å². The number of hydrogen-bond donors (Lipinski definition) is 1. The normalized spacial score (nSPS) is 18.6. The molecule has 2 rings (SSSR count). The van der Waals surface area contributed by atoms with Gasteiger partial charge < -0.3 is 10.0 Å². The summed E-state index contributed by atoms with van der Waals surface area (Å²) >= 11 is 0. The van der Waals surface area contributed by atoms with Gasteiger partial charge in [0.1, 0.15) is 0 Å². The van der Waals surface area contributed by atoms with E-state index in [0.717, 1.165) is 31.9 Å². The van der Waals surface area contributed by atoms with E-state index < -0.39 is 6.10 Å². The van der Waals surface area contributed by atoms with Gasteiger partial charge in [-0.05, 0) is 31.5 Å². The molecule has 1 saturated heterocycles. The van der Waals surface area contributed by atoms with Gasteiger partial charge in [0.05, 0.1) is 23.7 Å². The van der Waals surface area contributed by atoms with Gasteiger partial charge in [-0.15, -0.1) is 0 Å². The number of aromatic nitrogens is 1. The summed E-state index contributed by atoms with van der Waals surface area (Å²) in [6, 6.07) is 4.03. The molecule has 19 heavy (non-hydrogen) atoms. The van der Waals surface area contributed by atoms with Crippen molar-refractivity contribution in [3.05, 3.63) is 24.0 Å². The molecule has 0 aromatic carbocycles. The van der Waals surface area contributed by atoms with E-state index in [0.29, 0.717) is 6.42 Å². The Morgan fingerprint density at radius 3 is 2.47 bits per heavy atom. The van der Waals surface area contributed by atoms with Gasteiger partial charge in [0.15, 0.2) is 0 Å². The highest BCUT2D eigenvalue weighted by Gasteiger charge is 2.17. The van der Waals surface area contributed by atoms with Gasteiger partial charge in [-0.25, -0.2) is 0 Å². The molecule has 0 radical (unpaired) electrons. The average molecular weight is 263 g/mol. The third-order valence-corrected chi connectivity index (χ3v) is 3.78. The first-order valence-corrected chi connectivity index (χ1v) is 7.36. The van der Waals surface area contributed by atoms with Crippen LogP contribution in [0.25, 0.3) is 0 Å². The fraction of sp³-hybridized carbons (Fsp3) is 0.667. The van der Waals surface area contributed by atoms with Gasteiger partial charge in [-0.3, -0.25) is 9.88 Å². The van der Waals surface area contributed by atoms with Crippen LogP contribution in [-0.2, 0) is 0 Å². The van der Waals surface area contributed by atoms with Crippen molar-refractivity contribution in [1.29, 1.82) is 0 Å². The number of hydrogen-bond acceptors (Lipinski definition) is 4. The quantitative estimate of drug-likeness (QED) is 0.882. The zero-order valence-electron chi connectivity index (χ0n) is 12.0. The summed E-state index contributed by atoms with van der Waals surface area (Å²) < 4.78 is 0. The number of rotatable bonds is 5. The second kappa shape index (κ2) is 6.87. The first-order valence-electron chi connectivity index (χ1n) is 7.36. The highest BCUT2D eigenvalue weighted by Crippen LogP contribution is 2.19. The van der Waals surface area contributed by atoms with Crippen LogP contribution in [0.15, 0.2) is 18.3 Å². The van der Waals surface area contributed by atoms with Gasteiger partial charge in [0.2, 0.25) is 0 Å². The van der Waals surface area contributed by atoms with Gasteiger partial charge in [0.25, 0.3) is 0 Å². The Morgan fingerprint density at radius 1 is 1.21 bits per heavy atom. The second-order valence-electron chi connectivity index (χ2n) is 5.19. The Labute approximate surface area is 116 Å². The minimum atomic E-state index is -0.435. The van der Waals surface area contributed by atoms with Crippen molar-refractivity contribution >= 4 is 5.69 Å². The van der Waals surface area contributed by atoms with Crippen molar-refractivity contribution in [1.82, 2.24) is 9.88 Å². The first kappa shape index (κ1) is 14.3. The zero-order valence-corrected chi connectivity index (χ0v) is 12.0. The molecule has 0 unspecified atom stereocenters. The van der Waals surface area contributed by atoms with Crippen LogP contribution in [0.4, 0.5) is 5.69 Å². The average Bonchev–Trinajstić information content (AvgIpc) is 2.48. The van der Waals surface area contributed by atoms with E-state index in [4.69, 9.17) is 0 Å². The lowest BCUT2D eigenvalue weighted by Crippen LogP contribution is -2.46. The monoisotopic (exact) mass is 263 g/mol. The molecule has 4 heteroatoms. The van der Waals surface area contributed by atoms with E-state index in [1.54, 1.807) is 0 Å². The topological polar surface area (TPSA) is 39.6 Å². The molecule has 1 aliphatic rings. The predicted molar refractivity (Wildman–Crippen MR) is 78.4 cm³/mol. The van der Waals surface area contributed by atoms with Crippen molar-refractivity contribution < 1.29 is 5.11 Å². The lowest BCUT2D eigenvalue weighted by molar-refractivity contribution is 0.169. The van der Waals surface area contributed by atoms with Crippen molar-refractivity contribution in [2.45, 2.75) is 32.8 Å². The molecule has 0 aliphatic carbocycles. The van der Waals surface area contributed by atoms with E-state index in [-0.39, 0.29) is 0 Å². The summed E-state index contributed by atoms with van der Waals surface area (Å²) in [5, 5.41) is 9.74. The van der Waals surface area contributed by atoms with Crippen LogP contribution >= 0.6 is 0 Å². The molecule has 1 N–H and O–H groups in total. The molecule has 0 amide bonds. The van der Waals surface area contributed by atoms with Crippen molar-refractivity contribution in [3.8, 4) is 0 Å². The summed E-state index contributed by atoms with van der Waals surface area (Å²) in [4.78, 5) is 9.26. The van der Waals surface area contributed by atoms with E-state index in [2.05, 4.69) is 27.8 Å². The molecule has 1 aromatic heterocycles. The van der Waals surface area contributed by atoms with E-state index >= 15 is 0 Å². The molecule has 106 valence electrons. The Bertz CT molecular complexity index is 371. The van der Waals surface area contributed by atoms with Crippen molar-refractivity contribution in [2.75, 3.05) is 37.6 Å². The van der Waals surface area contributed by atoms with Crippen LogP contribution in [0.2, 0.25) is 0 Å². The lowest BCUT2D eigenvalue weighted by Gasteiger charge is -2.35. The molecule has 0 saturated carbocycles. The molecular formula is C15H25N3O. The smallest absolute Gasteiger partial charge is 0.0957 e. The molecule has 1 aromatic rings. The highest BCUT2D eigenvalue weighted by molar-refractivity contribution is 5.45. The summed E-state index contributed by atoms with van der Waals surface area (Å²) in [5.74, 6) is 0. The molecule has 0 bridgehead atoms. The van der Waals surface area contributed by atoms with E-state index in [1.165, 1.54) is 18.7 Å². The maximum absolute atomic E-state index is 9.74. The zero-order chi connectivity index (χ0) is 13.7. The number of piperazine rings is 1. The van der Waals surface area contributed by atoms with Gasteiger partial charge in [-0.2, -0.15) is 0 Å². The number of pyridine rings is 1. The third-order valence-electron chi connectivity index (χ3n) is 3.78. The lowest BCUT2D eigenvalue weighted by atomic mass is 10.2. The van der Waals surface area contributed by atoms with E-state index in [1.807, 2.05) is 19.2 Å². The Hall–Kier alpha value is -1.13. The summed E-state index contributed by atoms with van der Waals surface area (Å²) in [6.07, 6.45) is 3.40. The number of aliphatic hydroxyl groups excluding tert-OH is 1.